The number of hydrogen-bond acceptors (Lipinski definition) is 6. The third-order valence-electron chi connectivity index (χ3n) is 9.43. The number of quaternary nitrogens is 1. The van der Waals surface area contributed by atoms with Crippen LogP contribution in [-0.4, -0.2) is 80.6 Å². The van der Waals surface area contributed by atoms with Crippen molar-refractivity contribution >= 4 is 17.9 Å². The van der Waals surface area contributed by atoms with E-state index in [2.05, 4.69) is 86.8 Å². The van der Waals surface area contributed by atoms with Crippen LogP contribution in [0.5, 0.6) is 0 Å². The molecule has 8 nitrogen and oxygen atoms in total. The number of ether oxygens (including phenoxy) is 3. The number of allylic oxidation sites excluding steroid dienone is 24. The van der Waals surface area contributed by atoms with Crippen molar-refractivity contribution in [3.05, 3.63) is 146 Å². The molecule has 0 aliphatic heterocycles. The summed E-state index contributed by atoms with van der Waals surface area (Å²) in [6, 6.07) is -0.639. The molecule has 0 fully saturated rings. The summed E-state index contributed by atoms with van der Waals surface area (Å²) >= 11 is 0. The highest BCUT2D eigenvalue weighted by atomic mass is 16.6. The van der Waals surface area contributed by atoms with Crippen LogP contribution in [0, 0.1) is 0 Å². The maximum atomic E-state index is 12.8. The van der Waals surface area contributed by atoms with Gasteiger partial charge in [0.25, 0.3) is 0 Å². The minimum absolute atomic E-state index is 0.0218. The lowest BCUT2D eigenvalue weighted by Crippen LogP contribution is -2.50. The zero-order valence-electron chi connectivity index (χ0n) is 39.7. The zero-order valence-corrected chi connectivity index (χ0v) is 39.7. The summed E-state index contributed by atoms with van der Waals surface area (Å²) in [5.41, 5.74) is 0. The fraction of sp³-hybridized carbons (Fsp3) is 0.509. The van der Waals surface area contributed by atoms with Gasteiger partial charge in [-0.25, -0.2) is 4.79 Å². The highest BCUT2D eigenvalue weighted by molar-refractivity contribution is 5.72. The van der Waals surface area contributed by atoms with E-state index < -0.39 is 18.1 Å². The number of unbranched alkanes of at least 4 members (excludes halogenated alkanes) is 7. The van der Waals surface area contributed by atoms with Crippen molar-refractivity contribution in [1.82, 2.24) is 0 Å². The van der Waals surface area contributed by atoms with Crippen LogP contribution in [0.2, 0.25) is 0 Å². The lowest BCUT2D eigenvalue weighted by atomic mass is 10.1. The number of carboxylic acids is 1. The second-order valence-electron chi connectivity index (χ2n) is 16.1. The molecule has 0 rings (SSSR count). The number of esters is 2. The summed E-state index contributed by atoms with van der Waals surface area (Å²) in [5.74, 6) is -1.58. The van der Waals surface area contributed by atoms with Crippen molar-refractivity contribution in [2.45, 2.75) is 142 Å². The van der Waals surface area contributed by atoms with E-state index >= 15 is 0 Å². The molecule has 1 N–H and O–H groups in total. The topological polar surface area (TPSA) is 99.1 Å². The van der Waals surface area contributed by atoms with Crippen molar-refractivity contribution in [3.63, 3.8) is 0 Å². The molecule has 0 spiro atoms. The van der Waals surface area contributed by atoms with Gasteiger partial charge in [0.1, 0.15) is 6.61 Å². The fourth-order valence-corrected chi connectivity index (χ4v) is 5.86. The van der Waals surface area contributed by atoms with Gasteiger partial charge in [-0.3, -0.25) is 9.59 Å². The van der Waals surface area contributed by atoms with Crippen LogP contribution in [0.3, 0.4) is 0 Å². The quantitative estimate of drug-likeness (QED) is 0.0216. The van der Waals surface area contributed by atoms with E-state index in [9.17, 15) is 19.5 Å². The number of likely N-dealkylation sites (N-methyl/N-ethyl adjacent to an activating group) is 1. The van der Waals surface area contributed by atoms with Crippen LogP contribution in [0.15, 0.2) is 146 Å². The van der Waals surface area contributed by atoms with Gasteiger partial charge < -0.3 is 23.8 Å². The van der Waals surface area contributed by atoms with Gasteiger partial charge in [0, 0.05) is 19.3 Å². The highest BCUT2D eigenvalue weighted by Gasteiger charge is 2.31. The predicted octanol–water partition coefficient (Wildman–Crippen LogP) is 13.4. The average Bonchev–Trinajstić information content (AvgIpc) is 3.24. The fourth-order valence-electron chi connectivity index (χ4n) is 5.86. The molecule has 8 heteroatoms. The number of carbonyl (C=O) groups is 3. The third-order valence-corrected chi connectivity index (χ3v) is 9.43. The van der Waals surface area contributed by atoms with Crippen LogP contribution < -0.4 is 0 Å². The molecule has 0 bridgehead atoms. The average molecular weight is 871 g/mol. The number of aliphatic carboxylic acids is 1. The van der Waals surface area contributed by atoms with Crippen LogP contribution in [0.1, 0.15) is 129 Å². The van der Waals surface area contributed by atoms with Crippen LogP contribution in [0.4, 0.5) is 0 Å². The van der Waals surface area contributed by atoms with Gasteiger partial charge in [0.15, 0.2) is 12.1 Å². The number of rotatable bonds is 39. The highest BCUT2D eigenvalue weighted by Crippen LogP contribution is 2.12. The van der Waals surface area contributed by atoms with E-state index in [4.69, 9.17) is 14.2 Å². The second kappa shape index (κ2) is 43.8. The van der Waals surface area contributed by atoms with Crippen molar-refractivity contribution in [3.8, 4) is 0 Å². The Labute approximate surface area is 383 Å². The van der Waals surface area contributed by atoms with Crippen LogP contribution in [-0.2, 0) is 28.6 Å². The molecule has 0 aromatic rings. The second-order valence-corrected chi connectivity index (χ2v) is 16.1. The van der Waals surface area contributed by atoms with Crippen LogP contribution in [0.25, 0.3) is 0 Å². The molecular weight excluding hydrogens is 787 g/mol. The Morgan fingerprint density at radius 3 is 1.43 bits per heavy atom. The molecule has 0 aliphatic rings. The minimum Gasteiger partial charge on any atom is -0.477 e. The Hall–Kier alpha value is -4.79. The molecule has 0 heterocycles. The van der Waals surface area contributed by atoms with Gasteiger partial charge in [-0.1, -0.05) is 179 Å². The number of hydrogen-bond donors (Lipinski definition) is 1. The van der Waals surface area contributed by atoms with Gasteiger partial charge in [-0.2, -0.15) is 0 Å². The Bertz CT molecular complexity index is 1530. The van der Waals surface area contributed by atoms with Crippen molar-refractivity contribution < 1.29 is 38.2 Å². The van der Waals surface area contributed by atoms with Gasteiger partial charge >= 0.3 is 17.9 Å². The molecule has 0 radical (unpaired) electrons. The van der Waals surface area contributed by atoms with Gasteiger partial charge in [-0.15, -0.1) is 0 Å². The molecule has 2 atom stereocenters. The Morgan fingerprint density at radius 2 is 0.921 bits per heavy atom. The van der Waals surface area contributed by atoms with E-state index in [1.54, 1.807) is 0 Å². The van der Waals surface area contributed by atoms with E-state index in [0.717, 1.165) is 89.9 Å². The lowest BCUT2D eigenvalue weighted by molar-refractivity contribution is -0.887. The number of nitrogens with zero attached hydrogens (tertiary/aromatic N) is 1. The Balaban J connectivity index is 4.51. The largest absolute Gasteiger partial charge is 0.477 e. The van der Waals surface area contributed by atoms with Gasteiger partial charge in [0.2, 0.25) is 0 Å². The molecular formula is C55H84NO7+. The van der Waals surface area contributed by atoms with Crippen LogP contribution >= 0.6 is 0 Å². The number of carboxylic acid groups (broad SMARTS) is 1. The summed E-state index contributed by atoms with van der Waals surface area (Å²) in [6.45, 7) is 4.36. The van der Waals surface area contributed by atoms with Gasteiger partial charge in [-0.05, 0) is 77.0 Å². The summed E-state index contributed by atoms with van der Waals surface area (Å²) in [6.07, 6.45) is 64.6. The van der Waals surface area contributed by atoms with E-state index in [1.165, 1.54) is 0 Å². The molecule has 0 amide bonds. The van der Waals surface area contributed by atoms with E-state index in [0.29, 0.717) is 19.3 Å². The maximum Gasteiger partial charge on any atom is 0.362 e. The normalized spacial score (nSPS) is 14.2. The summed E-state index contributed by atoms with van der Waals surface area (Å²) in [4.78, 5) is 37.1. The molecule has 2 unspecified atom stereocenters. The number of carbonyl (C=O) groups excluding carboxylic acids is 2. The molecule has 0 aliphatic carbocycles. The predicted molar refractivity (Wildman–Crippen MR) is 265 cm³/mol. The molecule has 0 saturated carbocycles. The van der Waals surface area contributed by atoms with Crippen molar-refractivity contribution in [2.24, 2.45) is 0 Å². The van der Waals surface area contributed by atoms with Crippen molar-refractivity contribution in [1.29, 1.82) is 0 Å². The first-order chi connectivity index (χ1) is 30.6. The van der Waals surface area contributed by atoms with E-state index in [-0.39, 0.29) is 42.7 Å². The standard InChI is InChI=1S/C55H83NO7/c1-6-8-10-12-14-16-18-20-22-24-26-28-29-31-33-35-37-39-41-43-45-53(57)62-50-51(49-61-48-47-52(55(59)60)56(3,4)5)63-54(58)46-44-42-40-38-36-34-32-30-27-25-23-21-19-17-15-13-11-9-7-2/h8-11,13-17,19-23,25-28,30-34,36,51-52H,6-7,12,18,24,29,35,37-50H2,1-5H3/p+1/b10-8+,11-9+,15-13+,16-14+,19-17+,22-20+,23-21+,27-25+,28-26+,32-30+,33-31+,36-34+. The molecule has 0 saturated heterocycles. The molecule has 0 aromatic heterocycles. The Morgan fingerprint density at radius 1 is 0.492 bits per heavy atom. The Kier molecular flexibility index (Phi) is 40.5. The molecule has 63 heavy (non-hydrogen) atoms. The smallest absolute Gasteiger partial charge is 0.362 e. The molecule has 0 aromatic carbocycles. The summed E-state index contributed by atoms with van der Waals surface area (Å²) < 4.78 is 17.2. The van der Waals surface area contributed by atoms with E-state index in [1.807, 2.05) is 94.1 Å². The first-order valence-corrected chi connectivity index (χ1v) is 23.5. The first kappa shape index (κ1) is 58.2. The monoisotopic (exact) mass is 871 g/mol. The van der Waals surface area contributed by atoms with Crippen molar-refractivity contribution in [2.75, 3.05) is 41.0 Å². The van der Waals surface area contributed by atoms with Gasteiger partial charge in [0.05, 0.1) is 34.4 Å². The SMILES string of the molecule is CC/C=C/C=C/C=C/C=C/C=C/C=C/C=C/CCCCCC(=O)OC(COCCC(C(=O)O)[N+](C)(C)C)COC(=O)CCCCCC/C=C/C/C=C/C/C=C/C/C=C/C/C=C/CC. The minimum atomic E-state index is -0.895. The molecule has 350 valence electrons. The summed E-state index contributed by atoms with van der Waals surface area (Å²) in [7, 11) is 5.48. The lowest BCUT2D eigenvalue weighted by Gasteiger charge is -2.31. The summed E-state index contributed by atoms with van der Waals surface area (Å²) in [5, 5.41) is 9.64. The first-order valence-electron chi connectivity index (χ1n) is 23.5. The maximum absolute atomic E-state index is 12.8. The zero-order chi connectivity index (χ0) is 46.3. The third kappa shape index (κ3) is 42.3.